The van der Waals surface area contributed by atoms with Crippen molar-refractivity contribution < 1.29 is 23.1 Å². The van der Waals surface area contributed by atoms with Gasteiger partial charge in [-0.2, -0.15) is 0 Å². The normalized spacial score (nSPS) is 12.9. The second-order valence-corrected chi connectivity index (χ2v) is 8.50. The van der Waals surface area contributed by atoms with Crippen molar-refractivity contribution >= 4 is 32.5 Å². The molecule has 6 nitrogen and oxygen atoms in total. The minimum absolute atomic E-state index is 0.103. The lowest BCUT2D eigenvalue weighted by molar-refractivity contribution is -0.141. The minimum atomic E-state index is -3.57. The standard InChI is InChI=1S/C18H21NO5S/c1-12(2)10-25(23,24)11-16(20)19-17(18(21)22)15-8-7-13-5-3-4-6-14(13)9-15/h3-9,12,17H,10-11H2,1-2H3,(H,19,20)(H,21,22). The highest BCUT2D eigenvalue weighted by molar-refractivity contribution is 7.92. The van der Waals surface area contributed by atoms with Gasteiger partial charge in [0.15, 0.2) is 15.9 Å². The number of hydrogen-bond donors (Lipinski definition) is 2. The van der Waals surface area contributed by atoms with Crippen molar-refractivity contribution in [1.29, 1.82) is 0 Å². The molecule has 134 valence electrons. The average Bonchev–Trinajstić information content (AvgIpc) is 2.50. The second kappa shape index (κ2) is 7.65. The van der Waals surface area contributed by atoms with Crippen LogP contribution < -0.4 is 5.32 Å². The van der Waals surface area contributed by atoms with Crippen LogP contribution in [0.5, 0.6) is 0 Å². The summed E-state index contributed by atoms with van der Waals surface area (Å²) in [5.41, 5.74) is 0.390. The molecule has 0 aliphatic heterocycles. The van der Waals surface area contributed by atoms with Gasteiger partial charge in [-0.3, -0.25) is 4.79 Å². The highest BCUT2D eigenvalue weighted by Gasteiger charge is 2.25. The van der Waals surface area contributed by atoms with Crippen molar-refractivity contribution in [2.24, 2.45) is 5.92 Å². The predicted octanol–water partition coefficient (Wildman–Crippen LogP) is 2.15. The van der Waals surface area contributed by atoms with E-state index in [1.165, 1.54) is 0 Å². The first-order chi connectivity index (χ1) is 11.7. The molecule has 25 heavy (non-hydrogen) atoms. The lowest BCUT2D eigenvalue weighted by atomic mass is 10.0. The van der Waals surface area contributed by atoms with Gasteiger partial charge in [-0.15, -0.1) is 0 Å². The van der Waals surface area contributed by atoms with E-state index in [1.807, 2.05) is 24.3 Å². The summed E-state index contributed by atoms with van der Waals surface area (Å²) in [6.45, 7) is 3.48. The number of carboxylic acid groups (broad SMARTS) is 1. The first-order valence-electron chi connectivity index (χ1n) is 7.89. The Morgan fingerprint density at radius 3 is 2.32 bits per heavy atom. The third-order valence-corrected chi connectivity index (χ3v) is 5.47. The van der Waals surface area contributed by atoms with E-state index in [2.05, 4.69) is 5.32 Å². The van der Waals surface area contributed by atoms with Crippen LogP contribution in [0.4, 0.5) is 0 Å². The number of aliphatic carboxylic acids is 1. The van der Waals surface area contributed by atoms with E-state index in [-0.39, 0.29) is 11.7 Å². The van der Waals surface area contributed by atoms with Crippen molar-refractivity contribution in [3.05, 3.63) is 48.0 Å². The second-order valence-electron chi connectivity index (χ2n) is 6.39. The largest absolute Gasteiger partial charge is 0.479 e. The lowest BCUT2D eigenvalue weighted by Crippen LogP contribution is -2.38. The van der Waals surface area contributed by atoms with Crippen LogP contribution in [-0.2, 0) is 19.4 Å². The molecule has 1 unspecified atom stereocenters. The molecule has 0 radical (unpaired) electrons. The van der Waals surface area contributed by atoms with Crippen LogP contribution in [0.3, 0.4) is 0 Å². The highest BCUT2D eigenvalue weighted by atomic mass is 32.2. The van der Waals surface area contributed by atoms with Gasteiger partial charge in [-0.1, -0.05) is 50.2 Å². The maximum atomic E-state index is 12.0. The summed E-state index contributed by atoms with van der Waals surface area (Å²) in [5.74, 6) is -3.00. The number of fused-ring (bicyclic) bond motifs is 1. The zero-order valence-corrected chi connectivity index (χ0v) is 14.9. The molecule has 0 saturated heterocycles. The molecular weight excluding hydrogens is 342 g/mol. The molecule has 0 aromatic heterocycles. The monoisotopic (exact) mass is 363 g/mol. The molecule has 2 aromatic rings. The van der Waals surface area contributed by atoms with Gasteiger partial charge in [0.05, 0.1) is 5.75 Å². The summed E-state index contributed by atoms with van der Waals surface area (Å²) in [7, 11) is -3.57. The number of amides is 1. The van der Waals surface area contributed by atoms with Crippen LogP contribution in [0.2, 0.25) is 0 Å². The van der Waals surface area contributed by atoms with E-state index < -0.39 is 33.5 Å². The summed E-state index contributed by atoms with van der Waals surface area (Å²) >= 11 is 0. The summed E-state index contributed by atoms with van der Waals surface area (Å²) in [6, 6.07) is 11.2. The van der Waals surface area contributed by atoms with E-state index in [9.17, 15) is 23.1 Å². The number of rotatable bonds is 7. The van der Waals surface area contributed by atoms with E-state index in [0.29, 0.717) is 5.56 Å². The molecule has 0 aliphatic carbocycles. The Hall–Kier alpha value is -2.41. The predicted molar refractivity (Wildman–Crippen MR) is 96.0 cm³/mol. The number of nitrogens with one attached hydrogen (secondary N) is 1. The smallest absolute Gasteiger partial charge is 0.330 e. The molecule has 0 heterocycles. The molecule has 7 heteroatoms. The van der Waals surface area contributed by atoms with Crippen LogP contribution in [0.1, 0.15) is 25.5 Å². The Morgan fingerprint density at radius 1 is 1.08 bits per heavy atom. The van der Waals surface area contributed by atoms with Crippen LogP contribution in [0.25, 0.3) is 10.8 Å². The fourth-order valence-electron chi connectivity index (χ4n) is 2.64. The molecule has 2 aromatic carbocycles. The average molecular weight is 363 g/mol. The third kappa shape index (κ3) is 5.29. The fourth-order valence-corrected chi connectivity index (χ4v) is 4.26. The van der Waals surface area contributed by atoms with Gasteiger partial charge in [0.25, 0.3) is 0 Å². The Labute approximate surface area is 146 Å². The number of sulfone groups is 1. The molecule has 0 fully saturated rings. The van der Waals surface area contributed by atoms with Gasteiger partial charge in [0.2, 0.25) is 5.91 Å². The van der Waals surface area contributed by atoms with E-state index in [4.69, 9.17) is 0 Å². The first-order valence-corrected chi connectivity index (χ1v) is 9.71. The molecule has 1 amide bonds. The first kappa shape index (κ1) is 18.9. The van der Waals surface area contributed by atoms with E-state index in [0.717, 1.165) is 10.8 Å². The van der Waals surface area contributed by atoms with Gasteiger partial charge >= 0.3 is 5.97 Å². The van der Waals surface area contributed by atoms with Crippen molar-refractivity contribution in [2.75, 3.05) is 11.5 Å². The van der Waals surface area contributed by atoms with E-state index in [1.54, 1.807) is 32.0 Å². The third-order valence-electron chi connectivity index (χ3n) is 3.60. The Balaban J connectivity index is 2.20. The summed E-state index contributed by atoms with van der Waals surface area (Å²) in [5, 5.41) is 13.5. The fraction of sp³-hybridized carbons (Fsp3) is 0.333. The van der Waals surface area contributed by atoms with Crippen molar-refractivity contribution in [3.63, 3.8) is 0 Å². The van der Waals surface area contributed by atoms with Gasteiger partial charge in [0.1, 0.15) is 5.75 Å². The maximum Gasteiger partial charge on any atom is 0.330 e. The molecular formula is C18H21NO5S. The Kier molecular flexibility index (Phi) is 5.79. The van der Waals surface area contributed by atoms with Crippen LogP contribution in [0.15, 0.2) is 42.5 Å². The molecule has 0 bridgehead atoms. The Morgan fingerprint density at radius 2 is 1.72 bits per heavy atom. The summed E-state index contributed by atoms with van der Waals surface area (Å²) < 4.78 is 23.8. The number of benzene rings is 2. The van der Waals surface area contributed by atoms with Crippen LogP contribution >= 0.6 is 0 Å². The summed E-state index contributed by atoms with van der Waals surface area (Å²) in [6.07, 6.45) is 0. The minimum Gasteiger partial charge on any atom is -0.479 e. The van der Waals surface area contributed by atoms with E-state index >= 15 is 0 Å². The van der Waals surface area contributed by atoms with Gasteiger partial charge < -0.3 is 10.4 Å². The number of carbonyl (C=O) groups is 2. The highest BCUT2D eigenvalue weighted by Crippen LogP contribution is 2.21. The zero-order chi connectivity index (χ0) is 18.6. The number of hydrogen-bond acceptors (Lipinski definition) is 4. The molecule has 0 aliphatic rings. The van der Waals surface area contributed by atoms with Crippen LogP contribution in [-0.4, -0.2) is 36.9 Å². The lowest BCUT2D eigenvalue weighted by Gasteiger charge is -2.16. The van der Waals surface area contributed by atoms with Crippen LogP contribution in [0, 0.1) is 5.92 Å². The maximum absolute atomic E-state index is 12.0. The molecule has 1 atom stereocenters. The van der Waals surface area contributed by atoms with Gasteiger partial charge in [-0.05, 0) is 28.3 Å². The summed E-state index contributed by atoms with van der Waals surface area (Å²) in [4.78, 5) is 23.6. The number of carboxylic acids is 1. The SMILES string of the molecule is CC(C)CS(=O)(=O)CC(=O)NC(C(=O)O)c1ccc2ccccc2c1. The van der Waals surface area contributed by atoms with Crippen molar-refractivity contribution in [1.82, 2.24) is 5.32 Å². The molecule has 2 N–H and O–H groups in total. The quantitative estimate of drug-likeness (QED) is 0.785. The Bertz CT molecular complexity index is 889. The van der Waals surface area contributed by atoms with Crippen molar-refractivity contribution in [2.45, 2.75) is 19.9 Å². The van der Waals surface area contributed by atoms with Gasteiger partial charge in [-0.25, -0.2) is 13.2 Å². The van der Waals surface area contributed by atoms with Crippen molar-refractivity contribution in [3.8, 4) is 0 Å². The van der Waals surface area contributed by atoms with Gasteiger partial charge in [0, 0.05) is 0 Å². The zero-order valence-electron chi connectivity index (χ0n) is 14.1. The number of carbonyl (C=O) groups excluding carboxylic acids is 1. The molecule has 0 spiro atoms. The molecule has 0 saturated carbocycles. The molecule has 2 rings (SSSR count). The topological polar surface area (TPSA) is 101 Å².